The van der Waals surface area contributed by atoms with Crippen molar-refractivity contribution in [2.45, 2.75) is 72.6 Å². The van der Waals surface area contributed by atoms with Crippen LogP contribution in [-0.4, -0.2) is 30.7 Å². The lowest BCUT2D eigenvalue weighted by molar-refractivity contribution is 0.294. The molecular weight excluding hydrogens is 282 g/mol. The second-order valence-corrected chi connectivity index (χ2v) is 6.90. The zero-order valence-electron chi connectivity index (χ0n) is 16.2. The van der Waals surface area contributed by atoms with Gasteiger partial charge in [0, 0.05) is 26.2 Å². The van der Waals surface area contributed by atoms with Gasteiger partial charge in [0.25, 0.3) is 0 Å². The molecule has 0 heterocycles. The van der Waals surface area contributed by atoms with E-state index in [9.17, 15) is 0 Å². The summed E-state index contributed by atoms with van der Waals surface area (Å²) in [5, 5.41) is 0. The second kappa shape index (κ2) is 9.89. The minimum Gasteiger partial charge on any atom is -0.337 e. The summed E-state index contributed by atoms with van der Waals surface area (Å²) in [7, 11) is 3.91. The lowest BCUT2D eigenvalue weighted by Gasteiger charge is -2.31. The first-order valence-electron chi connectivity index (χ1n) is 9.41. The van der Waals surface area contributed by atoms with Gasteiger partial charge in [0.2, 0.25) is 0 Å². The minimum absolute atomic E-state index is 0.561. The van der Waals surface area contributed by atoms with Crippen LogP contribution in [0.3, 0.4) is 0 Å². The molecule has 1 fully saturated rings. The van der Waals surface area contributed by atoms with Crippen molar-refractivity contribution >= 4 is 11.7 Å². The van der Waals surface area contributed by atoms with Crippen LogP contribution in [0.25, 0.3) is 0 Å². The zero-order valence-corrected chi connectivity index (χ0v) is 16.2. The van der Waals surface area contributed by atoms with Crippen molar-refractivity contribution in [1.82, 2.24) is 4.90 Å². The molecule has 23 heavy (non-hydrogen) atoms. The van der Waals surface area contributed by atoms with Gasteiger partial charge < -0.3 is 4.90 Å². The van der Waals surface area contributed by atoms with Crippen LogP contribution in [0.1, 0.15) is 72.6 Å². The lowest BCUT2D eigenvalue weighted by Crippen LogP contribution is -2.29. The van der Waals surface area contributed by atoms with Gasteiger partial charge in [-0.2, -0.15) is 0 Å². The van der Waals surface area contributed by atoms with E-state index in [-0.39, 0.29) is 0 Å². The molecule has 3 unspecified atom stereocenters. The highest BCUT2D eigenvalue weighted by Crippen LogP contribution is 2.40. The molecule has 3 nitrogen and oxygen atoms in total. The summed E-state index contributed by atoms with van der Waals surface area (Å²) in [6.07, 6.45) is 8.88. The number of aliphatic imine (C=N–C) groups is 2. The van der Waals surface area contributed by atoms with Gasteiger partial charge in [-0.1, -0.05) is 53.0 Å². The summed E-state index contributed by atoms with van der Waals surface area (Å²) in [6, 6.07) is 0. The fourth-order valence-electron chi connectivity index (χ4n) is 3.90. The smallest absolute Gasteiger partial charge is 0.124 e. The lowest BCUT2D eigenvalue weighted by atomic mass is 9.83. The SMILES string of the molecule is C=C(C(CC)CC1CCCC1CC)N(C)/C(C)=N/C(CC)=N\C. The molecule has 1 rings (SSSR count). The van der Waals surface area contributed by atoms with Crippen LogP contribution in [0.15, 0.2) is 22.3 Å². The summed E-state index contributed by atoms with van der Waals surface area (Å²) in [5.41, 5.74) is 1.21. The monoisotopic (exact) mass is 319 g/mol. The number of hydrogen-bond acceptors (Lipinski definition) is 1. The van der Waals surface area contributed by atoms with E-state index in [0.717, 1.165) is 36.3 Å². The summed E-state index contributed by atoms with van der Waals surface area (Å²) in [5.74, 6) is 4.27. The topological polar surface area (TPSA) is 28.0 Å². The predicted octanol–water partition coefficient (Wildman–Crippen LogP) is 5.53. The highest BCUT2D eigenvalue weighted by Gasteiger charge is 2.29. The van der Waals surface area contributed by atoms with E-state index >= 15 is 0 Å². The fraction of sp³-hybridized carbons (Fsp3) is 0.800. The Labute approximate surface area is 144 Å². The predicted molar refractivity (Wildman–Crippen MR) is 103 cm³/mol. The molecule has 0 saturated heterocycles. The number of nitrogens with zero attached hydrogens (tertiary/aromatic N) is 3. The molecule has 0 radical (unpaired) electrons. The third-order valence-electron chi connectivity index (χ3n) is 5.67. The maximum atomic E-state index is 4.65. The summed E-state index contributed by atoms with van der Waals surface area (Å²) < 4.78 is 0. The highest BCUT2D eigenvalue weighted by atomic mass is 15.2. The van der Waals surface area contributed by atoms with Gasteiger partial charge in [-0.05, 0) is 37.5 Å². The molecule has 1 aliphatic rings. The van der Waals surface area contributed by atoms with Crippen LogP contribution in [0.4, 0.5) is 0 Å². The third-order valence-corrected chi connectivity index (χ3v) is 5.67. The Balaban J connectivity index is 2.75. The molecule has 0 aromatic carbocycles. The van der Waals surface area contributed by atoms with E-state index < -0.39 is 0 Å². The largest absolute Gasteiger partial charge is 0.337 e. The minimum atomic E-state index is 0.561. The van der Waals surface area contributed by atoms with E-state index in [1.54, 1.807) is 0 Å². The molecule has 1 saturated carbocycles. The molecule has 0 amide bonds. The summed E-state index contributed by atoms with van der Waals surface area (Å²) >= 11 is 0. The normalized spacial score (nSPS) is 23.9. The summed E-state index contributed by atoms with van der Waals surface area (Å²) in [6.45, 7) is 13.2. The Kier molecular flexibility index (Phi) is 8.57. The van der Waals surface area contributed by atoms with Gasteiger partial charge in [0.05, 0.1) is 0 Å². The quantitative estimate of drug-likeness (QED) is 0.448. The molecule has 3 atom stereocenters. The van der Waals surface area contributed by atoms with Gasteiger partial charge in [-0.15, -0.1) is 0 Å². The van der Waals surface area contributed by atoms with Crippen molar-refractivity contribution in [3.63, 3.8) is 0 Å². The van der Waals surface area contributed by atoms with Crippen molar-refractivity contribution in [1.29, 1.82) is 0 Å². The van der Waals surface area contributed by atoms with Crippen LogP contribution in [0.2, 0.25) is 0 Å². The Bertz CT molecular complexity index is 436. The molecule has 0 aromatic heterocycles. The molecule has 0 spiro atoms. The fourth-order valence-corrected chi connectivity index (χ4v) is 3.90. The third kappa shape index (κ3) is 5.47. The Morgan fingerprint density at radius 2 is 1.87 bits per heavy atom. The van der Waals surface area contributed by atoms with Crippen molar-refractivity contribution < 1.29 is 0 Å². The molecular formula is C20H37N3. The Hall–Kier alpha value is -1.12. The van der Waals surface area contributed by atoms with Crippen LogP contribution >= 0.6 is 0 Å². The Morgan fingerprint density at radius 3 is 2.39 bits per heavy atom. The molecule has 1 aliphatic carbocycles. The number of hydrogen-bond donors (Lipinski definition) is 0. The average Bonchev–Trinajstić information content (AvgIpc) is 3.02. The molecule has 3 heteroatoms. The number of amidine groups is 2. The van der Waals surface area contributed by atoms with Crippen molar-refractivity contribution in [3.8, 4) is 0 Å². The second-order valence-electron chi connectivity index (χ2n) is 6.90. The molecule has 0 aliphatic heterocycles. The first-order valence-corrected chi connectivity index (χ1v) is 9.41. The molecule has 0 aromatic rings. The zero-order chi connectivity index (χ0) is 17.4. The molecule has 132 valence electrons. The maximum Gasteiger partial charge on any atom is 0.124 e. The van der Waals surface area contributed by atoms with Crippen molar-refractivity contribution in [2.75, 3.05) is 14.1 Å². The van der Waals surface area contributed by atoms with Crippen LogP contribution in [-0.2, 0) is 0 Å². The summed E-state index contributed by atoms with van der Waals surface area (Å²) in [4.78, 5) is 11.0. The average molecular weight is 320 g/mol. The number of rotatable bonds is 7. The van der Waals surface area contributed by atoms with Crippen LogP contribution in [0, 0.1) is 17.8 Å². The van der Waals surface area contributed by atoms with Crippen molar-refractivity contribution in [3.05, 3.63) is 12.3 Å². The highest BCUT2D eigenvalue weighted by molar-refractivity contribution is 5.96. The standard InChI is InChI=1S/C20H37N3/c1-8-17-12-11-13-19(17)14-18(9-2)15(4)23(7)16(5)22-20(10-3)21-6/h17-19H,4,8-14H2,1-3,5-7H3/b21-20-,22-16+. The Morgan fingerprint density at radius 1 is 1.22 bits per heavy atom. The number of allylic oxidation sites excluding steroid dienone is 1. The molecule has 0 N–H and O–H groups in total. The van der Waals surface area contributed by atoms with E-state index in [2.05, 4.69) is 56.2 Å². The van der Waals surface area contributed by atoms with E-state index in [0.29, 0.717) is 5.92 Å². The first kappa shape index (κ1) is 19.9. The maximum absolute atomic E-state index is 4.65. The van der Waals surface area contributed by atoms with Gasteiger partial charge in [-0.3, -0.25) is 4.99 Å². The van der Waals surface area contributed by atoms with Crippen LogP contribution < -0.4 is 0 Å². The van der Waals surface area contributed by atoms with E-state index in [1.165, 1.54) is 37.8 Å². The van der Waals surface area contributed by atoms with E-state index in [4.69, 9.17) is 0 Å². The van der Waals surface area contributed by atoms with Gasteiger partial charge in [0.15, 0.2) is 0 Å². The van der Waals surface area contributed by atoms with Gasteiger partial charge in [-0.25, -0.2) is 4.99 Å². The van der Waals surface area contributed by atoms with Crippen molar-refractivity contribution in [2.24, 2.45) is 27.7 Å². The molecule has 0 bridgehead atoms. The van der Waals surface area contributed by atoms with Gasteiger partial charge in [0.1, 0.15) is 11.7 Å². The van der Waals surface area contributed by atoms with Crippen LogP contribution in [0.5, 0.6) is 0 Å². The van der Waals surface area contributed by atoms with Gasteiger partial charge >= 0.3 is 0 Å². The van der Waals surface area contributed by atoms with E-state index in [1.807, 2.05) is 7.05 Å². The first-order chi connectivity index (χ1) is 11.0.